The third kappa shape index (κ3) is 1.97. The summed E-state index contributed by atoms with van der Waals surface area (Å²) in [6.45, 7) is 0. The Morgan fingerprint density at radius 3 is 2.44 bits per heavy atom. The number of hydrogen-bond donors (Lipinski definition) is 0. The number of alkyl halides is 3. The lowest BCUT2D eigenvalue weighted by Gasteiger charge is -2.15. The van der Waals surface area contributed by atoms with Crippen molar-refractivity contribution in [3.05, 3.63) is 29.3 Å². The average Bonchev–Trinajstić information content (AvgIpc) is 3.10. The fraction of sp³-hybridized carbons (Fsp3) is 0.273. The van der Waals surface area contributed by atoms with E-state index in [1.54, 1.807) is 0 Å². The minimum absolute atomic E-state index is 0.0769. The van der Waals surface area contributed by atoms with Crippen LogP contribution in [0.3, 0.4) is 0 Å². The highest BCUT2D eigenvalue weighted by Gasteiger charge is 2.65. The summed E-state index contributed by atoms with van der Waals surface area (Å²) in [5.74, 6) is 2.91. The summed E-state index contributed by atoms with van der Waals surface area (Å²) >= 11 is 2.92. The smallest absolute Gasteiger partial charge is 0.442 e. The van der Waals surface area contributed by atoms with Gasteiger partial charge in [0, 0.05) is 21.5 Å². The second-order valence-corrected chi connectivity index (χ2v) is 3.90. The Kier molecular flexibility index (Phi) is 3.07. The van der Waals surface area contributed by atoms with Crippen molar-refractivity contribution in [2.75, 3.05) is 7.11 Å². The van der Waals surface area contributed by atoms with Crippen molar-refractivity contribution in [1.82, 2.24) is 0 Å². The maximum Gasteiger partial charge on any atom is 0.442 e. The lowest BCUT2D eigenvalue weighted by Crippen LogP contribution is -2.30. The maximum atomic E-state index is 12.8. The molecular weight excluding hydrogens is 313 g/mol. The molecule has 3 nitrogen and oxygen atoms in total. The van der Waals surface area contributed by atoms with E-state index in [-0.39, 0.29) is 11.3 Å². The molecule has 1 aliphatic heterocycles. The van der Waals surface area contributed by atoms with Crippen molar-refractivity contribution in [1.29, 1.82) is 0 Å². The van der Waals surface area contributed by atoms with Crippen LogP contribution < -0.4 is 4.74 Å². The van der Waals surface area contributed by atoms with Gasteiger partial charge < -0.3 is 4.74 Å². The topological polar surface area (TPSA) is 34.0 Å². The third-order valence-electron chi connectivity index (χ3n) is 2.48. The summed E-state index contributed by atoms with van der Waals surface area (Å²) in [6, 6.07) is 3.99. The molecule has 0 bridgehead atoms. The van der Waals surface area contributed by atoms with Crippen molar-refractivity contribution in [3.63, 3.8) is 0 Å². The molecule has 18 heavy (non-hydrogen) atoms. The van der Waals surface area contributed by atoms with Crippen molar-refractivity contribution in [3.8, 4) is 16.5 Å². The molecule has 0 aliphatic carbocycles. The van der Waals surface area contributed by atoms with Crippen LogP contribution in [0.1, 0.15) is 11.1 Å². The molecule has 0 radical (unpaired) electrons. The Hall–Kier alpha value is -1.55. The van der Waals surface area contributed by atoms with E-state index in [0.717, 1.165) is 0 Å². The summed E-state index contributed by atoms with van der Waals surface area (Å²) in [5, 5.41) is 6.25. The highest BCUT2D eigenvalue weighted by Crippen LogP contribution is 2.52. The average molecular weight is 319 g/mol. The van der Waals surface area contributed by atoms with E-state index in [9.17, 15) is 13.2 Å². The lowest BCUT2D eigenvalue weighted by atomic mass is 10.0. The van der Waals surface area contributed by atoms with Crippen LogP contribution in [0.25, 0.3) is 0 Å². The Labute approximate surface area is 109 Å². The third-order valence-corrected chi connectivity index (χ3v) is 2.68. The van der Waals surface area contributed by atoms with Crippen LogP contribution in [0.4, 0.5) is 13.2 Å². The van der Waals surface area contributed by atoms with Gasteiger partial charge in [-0.2, -0.15) is 13.2 Å². The van der Waals surface area contributed by atoms with Gasteiger partial charge in [-0.25, -0.2) is 0 Å². The minimum atomic E-state index is -4.54. The van der Waals surface area contributed by atoms with E-state index in [4.69, 9.17) is 4.74 Å². The van der Waals surface area contributed by atoms with Gasteiger partial charge in [-0.15, -0.1) is 10.2 Å². The zero-order valence-corrected chi connectivity index (χ0v) is 10.6. The standard InChI is InChI=1S/C11H6BrF3N2O/c1-18-9-6-8(3-2-7(9)4-5-12)10(16-17-10)11(13,14)15/h2-3,6H,1H3. The van der Waals surface area contributed by atoms with Gasteiger partial charge in [0.05, 0.1) is 12.7 Å². The molecule has 1 heterocycles. The SMILES string of the molecule is COc1cc(C2(C(F)(F)F)N=N2)ccc1C#CBr. The number of ether oxygens (including phenoxy) is 1. The molecule has 0 fully saturated rings. The highest BCUT2D eigenvalue weighted by molar-refractivity contribution is 9.12. The summed E-state index contributed by atoms with van der Waals surface area (Å²) in [6.07, 6.45) is -4.54. The minimum Gasteiger partial charge on any atom is -0.495 e. The Morgan fingerprint density at radius 2 is 2.00 bits per heavy atom. The first-order chi connectivity index (χ1) is 8.44. The molecule has 1 aromatic carbocycles. The zero-order valence-electron chi connectivity index (χ0n) is 9.05. The molecule has 0 saturated heterocycles. The molecule has 94 valence electrons. The first-order valence-electron chi connectivity index (χ1n) is 4.75. The fourth-order valence-electron chi connectivity index (χ4n) is 1.50. The van der Waals surface area contributed by atoms with Gasteiger partial charge in [0.25, 0.3) is 0 Å². The number of nitrogens with zero attached hydrogens (tertiary/aromatic N) is 2. The van der Waals surface area contributed by atoms with Crippen LogP contribution >= 0.6 is 15.9 Å². The van der Waals surface area contributed by atoms with Crippen molar-refractivity contribution < 1.29 is 17.9 Å². The van der Waals surface area contributed by atoms with E-state index >= 15 is 0 Å². The summed E-state index contributed by atoms with van der Waals surface area (Å²) in [4.78, 5) is 2.48. The van der Waals surface area contributed by atoms with E-state index < -0.39 is 11.8 Å². The van der Waals surface area contributed by atoms with Crippen LogP contribution in [-0.2, 0) is 5.66 Å². The van der Waals surface area contributed by atoms with E-state index in [1.165, 1.54) is 25.3 Å². The second kappa shape index (κ2) is 4.28. The van der Waals surface area contributed by atoms with Gasteiger partial charge in [0.15, 0.2) is 0 Å². The van der Waals surface area contributed by atoms with E-state index in [0.29, 0.717) is 5.56 Å². The largest absolute Gasteiger partial charge is 0.495 e. The molecule has 0 saturated carbocycles. The first kappa shape index (κ1) is 12.9. The van der Waals surface area contributed by atoms with Crippen molar-refractivity contribution in [2.24, 2.45) is 10.2 Å². The van der Waals surface area contributed by atoms with Crippen LogP contribution in [0, 0.1) is 10.8 Å². The first-order valence-corrected chi connectivity index (χ1v) is 5.55. The molecule has 0 atom stereocenters. The van der Waals surface area contributed by atoms with E-state index in [1.807, 2.05) is 0 Å². The molecular formula is C11H6BrF3N2O. The van der Waals surface area contributed by atoms with E-state index in [2.05, 4.69) is 36.9 Å². The number of rotatable bonds is 2. The maximum absolute atomic E-state index is 12.8. The van der Waals surface area contributed by atoms with Crippen LogP contribution in [0.5, 0.6) is 5.75 Å². The normalized spacial score (nSPS) is 15.8. The number of hydrogen-bond acceptors (Lipinski definition) is 3. The second-order valence-electron chi connectivity index (χ2n) is 3.50. The van der Waals surface area contributed by atoms with Crippen LogP contribution in [0.2, 0.25) is 0 Å². The Bertz CT molecular complexity index is 566. The van der Waals surface area contributed by atoms with Crippen LogP contribution in [0.15, 0.2) is 28.4 Å². The number of benzene rings is 1. The highest BCUT2D eigenvalue weighted by atomic mass is 79.9. The molecule has 2 rings (SSSR count). The van der Waals surface area contributed by atoms with Gasteiger partial charge in [-0.1, -0.05) is 12.0 Å². The fourth-order valence-corrected chi connectivity index (χ4v) is 1.72. The molecule has 7 heteroatoms. The summed E-state index contributed by atoms with van der Waals surface area (Å²) in [7, 11) is 1.36. The number of halogens is 4. The molecule has 0 spiro atoms. The van der Waals surface area contributed by atoms with Gasteiger partial charge in [0.2, 0.25) is 0 Å². The monoisotopic (exact) mass is 318 g/mol. The molecule has 0 unspecified atom stereocenters. The van der Waals surface area contributed by atoms with Crippen LogP contribution in [-0.4, -0.2) is 13.3 Å². The zero-order chi connectivity index (χ0) is 13.4. The van der Waals surface area contributed by atoms with Crippen molar-refractivity contribution >= 4 is 15.9 Å². The predicted octanol–water partition coefficient (Wildman–Crippen LogP) is 3.58. The van der Waals surface area contributed by atoms with Gasteiger partial charge in [-0.05, 0) is 17.0 Å². The lowest BCUT2D eigenvalue weighted by molar-refractivity contribution is -0.166. The van der Waals surface area contributed by atoms with Crippen molar-refractivity contribution in [2.45, 2.75) is 11.8 Å². The molecule has 0 aromatic heterocycles. The molecule has 1 aromatic rings. The quantitative estimate of drug-likeness (QED) is 0.767. The summed E-state index contributed by atoms with van der Waals surface area (Å²) < 4.78 is 43.4. The van der Waals surface area contributed by atoms with Gasteiger partial charge in [-0.3, -0.25) is 0 Å². The Balaban J connectivity index is 2.45. The molecule has 1 aliphatic rings. The molecule has 0 N–H and O–H groups in total. The summed E-state index contributed by atoms with van der Waals surface area (Å²) in [5.41, 5.74) is -2.02. The predicted molar refractivity (Wildman–Crippen MR) is 61.4 cm³/mol. The number of methoxy groups -OCH3 is 1. The molecule has 0 amide bonds. The Morgan fingerprint density at radius 1 is 1.33 bits per heavy atom. The van der Waals surface area contributed by atoms with Gasteiger partial charge in [0.1, 0.15) is 5.75 Å². The van der Waals surface area contributed by atoms with Gasteiger partial charge >= 0.3 is 11.8 Å².